The van der Waals surface area contributed by atoms with Gasteiger partial charge in [-0.1, -0.05) is 19.8 Å². The van der Waals surface area contributed by atoms with Crippen LogP contribution in [0, 0.1) is 0 Å². The summed E-state index contributed by atoms with van der Waals surface area (Å²) in [4.78, 5) is 11.2. The van der Waals surface area contributed by atoms with Gasteiger partial charge in [0.1, 0.15) is 6.04 Å². The fourth-order valence-corrected chi connectivity index (χ4v) is 1.02. The number of hydrogen-bond acceptors (Lipinski definition) is 4. The molecule has 0 amide bonds. The zero-order chi connectivity index (χ0) is 10.8. The topological polar surface area (TPSA) is 61.6 Å². The number of rotatable bonds is 8. The lowest BCUT2D eigenvalue weighted by molar-refractivity contribution is -0.145. The summed E-state index contributed by atoms with van der Waals surface area (Å²) >= 11 is 0. The molecule has 0 fully saturated rings. The van der Waals surface area contributed by atoms with Crippen molar-refractivity contribution in [1.29, 1.82) is 0 Å². The number of ether oxygens (including phenoxy) is 2. The Labute approximate surface area is 85.8 Å². The van der Waals surface area contributed by atoms with Gasteiger partial charge in [0.05, 0.1) is 6.61 Å². The Morgan fingerprint density at radius 2 is 2.07 bits per heavy atom. The van der Waals surface area contributed by atoms with Crippen molar-refractivity contribution in [2.24, 2.45) is 5.73 Å². The summed E-state index contributed by atoms with van der Waals surface area (Å²) in [6, 6.07) is -0.461. The number of carbonyl (C=O) groups is 1. The standard InChI is InChI=1S/C10H21NO3/c1-3-4-6-9(11)10(12)14-8-5-7-13-2/h9H,3-8,11H2,1-2H3. The maximum Gasteiger partial charge on any atom is 0.322 e. The van der Waals surface area contributed by atoms with Gasteiger partial charge in [-0.3, -0.25) is 4.79 Å². The summed E-state index contributed by atoms with van der Waals surface area (Å²) in [5.41, 5.74) is 5.61. The summed E-state index contributed by atoms with van der Waals surface area (Å²) in [5, 5.41) is 0. The van der Waals surface area contributed by atoms with Crippen molar-refractivity contribution in [2.45, 2.75) is 38.6 Å². The maximum atomic E-state index is 11.2. The predicted octanol–water partition coefficient (Wildman–Crippen LogP) is 1.08. The first-order valence-electron chi connectivity index (χ1n) is 5.13. The van der Waals surface area contributed by atoms with Crippen LogP contribution in [0.2, 0.25) is 0 Å². The Balaban J connectivity index is 3.42. The lowest BCUT2D eigenvalue weighted by Gasteiger charge is -2.10. The minimum absolute atomic E-state index is 0.297. The molecule has 0 radical (unpaired) electrons. The number of hydrogen-bond donors (Lipinski definition) is 1. The first-order valence-corrected chi connectivity index (χ1v) is 5.13. The van der Waals surface area contributed by atoms with E-state index in [4.69, 9.17) is 15.2 Å². The van der Waals surface area contributed by atoms with Gasteiger partial charge in [0.15, 0.2) is 0 Å². The van der Waals surface area contributed by atoms with Gasteiger partial charge in [-0.15, -0.1) is 0 Å². The van der Waals surface area contributed by atoms with Gasteiger partial charge in [0.2, 0.25) is 0 Å². The molecule has 0 saturated carbocycles. The lowest BCUT2D eigenvalue weighted by Crippen LogP contribution is -2.32. The molecule has 84 valence electrons. The van der Waals surface area contributed by atoms with E-state index in [-0.39, 0.29) is 5.97 Å². The molecule has 2 N–H and O–H groups in total. The van der Waals surface area contributed by atoms with Gasteiger partial charge in [-0.2, -0.15) is 0 Å². The fourth-order valence-electron chi connectivity index (χ4n) is 1.02. The van der Waals surface area contributed by atoms with E-state index >= 15 is 0 Å². The van der Waals surface area contributed by atoms with Crippen LogP contribution in [0.5, 0.6) is 0 Å². The van der Waals surface area contributed by atoms with Crippen molar-refractivity contribution < 1.29 is 14.3 Å². The molecule has 1 unspecified atom stereocenters. The maximum absolute atomic E-state index is 11.2. The quantitative estimate of drug-likeness (QED) is 0.473. The fraction of sp³-hybridized carbons (Fsp3) is 0.900. The molecule has 0 aliphatic rings. The summed E-state index contributed by atoms with van der Waals surface area (Å²) in [6.45, 7) is 3.07. The van der Waals surface area contributed by atoms with Crippen molar-refractivity contribution in [2.75, 3.05) is 20.3 Å². The molecule has 0 heterocycles. The van der Waals surface area contributed by atoms with E-state index in [2.05, 4.69) is 6.92 Å². The molecule has 0 aliphatic carbocycles. The summed E-state index contributed by atoms with van der Waals surface area (Å²) in [6.07, 6.45) is 3.45. The number of methoxy groups -OCH3 is 1. The third-order valence-corrected chi connectivity index (χ3v) is 1.91. The van der Waals surface area contributed by atoms with Gasteiger partial charge in [0, 0.05) is 20.1 Å². The van der Waals surface area contributed by atoms with Crippen LogP contribution < -0.4 is 5.73 Å². The lowest BCUT2D eigenvalue weighted by atomic mass is 10.1. The van der Waals surface area contributed by atoms with E-state index in [1.165, 1.54) is 0 Å². The van der Waals surface area contributed by atoms with E-state index < -0.39 is 6.04 Å². The molecule has 14 heavy (non-hydrogen) atoms. The zero-order valence-electron chi connectivity index (χ0n) is 9.12. The summed E-state index contributed by atoms with van der Waals surface area (Å²) < 4.78 is 9.79. The molecule has 0 rings (SSSR count). The molecule has 0 aromatic rings. The van der Waals surface area contributed by atoms with E-state index in [1.54, 1.807) is 7.11 Å². The Morgan fingerprint density at radius 1 is 1.36 bits per heavy atom. The molecule has 1 atom stereocenters. The van der Waals surface area contributed by atoms with Crippen molar-refractivity contribution in [1.82, 2.24) is 0 Å². The number of esters is 1. The van der Waals surface area contributed by atoms with Crippen LogP contribution in [0.25, 0.3) is 0 Å². The Morgan fingerprint density at radius 3 is 2.64 bits per heavy atom. The van der Waals surface area contributed by atoms with E-state index in [9.17, 15) is 4.79 Å². The Bertz CT molecular complexity index is 150. The monoisotopic (exact) mass is 203 g/mol. The highest BCUT2D eigenvalue weighted by Gasteiger charge is 2.13. The Kier molecular flexibility index (Phi) is 8.57. The van der Waals surface area contributed by atoms with Gasteiger partial charge in [-0.05, 0) is 6.42 Å². The smallest absolute Gasteiger partial charge is 0.322 e. The van der Waals surface area contributed by atoms with Gasteiger partial charge in [-0.25, -0.2) is 0 Å². The molecule has 0 aromatic carbocycles. The second-order valence-corrected chi connectivity index (χ2v) is 3.26. The second kappa shape index (κ2) is 8.97. The molecule has 4 heteroatoms. The van der Waals surface area contributed by atoms with Crippen LogP contribution >= 0.6 is 0 Å². The largest absolute Gasteiger partial charge is 0.464 e. The van der Waals surface area contributed by atoms with Gasteiger partial charge >= 0.3 is 5.97 Å². The third kappa shape index (κ3) is 6.86. The van der Waals surface area contributed by atoms with Crippen molar-refractivity contribution in [3.63, 3.8) is 0 Å². The van der Waals surface area contributed by atoms with E-state index in [0.29, 0.717) is 19.6 Å². The van der Waals surface area contributed by atoms with Crippen LogP contribution in [-0.4, -0.2) is 32.3 Å². The van der Waals surface area contributed by atoms with Crippen molar-refractivity contribution in [3.8, 4) is 0 Å². The first kappa shape index (κ1) is 13.4. The second-order valence-electron chi connectivity index (χ2n) is 3.26. The molecular formula is C10H21NO3. The van der Waals surface area contributed by atoms with Gasteiger partial charge < -0.3 is 15.2 Å². The highest BCUT2D eigenvalue weighted by Crippen LogP contribution is 2.00. The molecule has 0 aliphatic heterocycles. The molecular weight excluding hydrogens is 182 g/mol. The number of carbonyl (C=O) groups excluding carboxylic acids is 1. The van der Waals surface area contributed by atoms with E-state index in [0.717, 1.165) is 19.3 Å². The molecule has 4 nitrogen and oxygen atoms in total. The Hall–Kier alpha value is -0.610. The van der Waals surface area contributed by atoms with Crippen molar-refractivity contribution >= 4 is 5.97 Å². The highest BCUT2D eigenvalue weighted by atomic mass is 16.5. The van der Waals surface area contributed by atoms with Crippen LogP contribution in [-0.2, 0) is 14.3 Å². The first-order chi connectivity index (χ1) is 6.72. The third-order valence-electron chi connectivity index (χ3n) is 1.91. The average molecular weight is 203 g/mol. The minimum Gasteiger partial charge on any atom is -0.464 e. The minimum atomic E-state index is -0.461. The SMILES string of the molecule is CCCCC(N)C(=O)OCCCOC. The molecule has 0 aromatic heterocycles. The summed E-state index contributed by atoms with van der Waals surface area (Å²) in [5.74, 6) is -0.297. The molecule has 0 spiro atoms. The normalized spacial score (nSPS) is 12.5. The zero-order valence-corrected chi connectivity index (χ0v) is 9.12. The van der Waals surface area contributed by atoms with Crippen LogP contribution in [0.15, 0.2) is 0 Å². The van der Waals surface area contributed by atoms with Crippen LogP contribution in [0.3, 0.4) is 0 Å². The van der Waals surface area contributed by atoms with Crippen molar-refractivity contribution in [3.05, 3.63) is 0 Å². The van der Waals surface area contributed by atoms with Gasteiger partial charge in [0.25, 0.3) is 0 Å². The van der Waals surface area contributed by atoms with Crippen LogP contribution in [0.1, 0.15) is 32.6 Å². The number of unbranched alkanes of at least 4 members (excludes halogenated alkanes) is 1. The highest BCUT2D eigenvalue weighted by molar-refractivity contribution is 5.75. The number of nitrogens with two attached hydrogens (primary N) is 1. The predicted molar refractivity (Wildman–Crippen MR) is 55.0 cm³/mol. The average Bonchev–Trinajstić information content (AvgIpc) is 2.20. The molecule has 0 saturated heterocycles. The molecule has 0 bridgehead atoms. The summed E-state index contributed by atoms with van der Waals surface area (Å²) in [7, 11) is 1.62. The van der Waals surface area contributed by atoms with Crippen LogP contribution in [0.4, 0.5) is 0 Å². The van der Waals surface area contributed by atoms with E-state index in [1.807, 2.05) is 0 Å².